The number of likely N-dealkylation sites (tertiary alicyclic amines) is 1. The average molecular weight is 405 g/mol. The highest BCUT2D eigenvalue weighted by molar-refractivity contribution is 5.91. The molecule has 0 radical (unpaired) electrons. The predicted octanol–water partition coefficient (Wildman–Crippen LogP) is 4.02. The lowest BCUT2D eigenvalue weighted by molar-refractivity contribution is -0.125. The number of amides is 1. The molecule has 1 aromatic rings. The van der Waals surface area contributed by atoms with Crippen molar-refractivity contribution in [3.8, 4) is 0 Å². The number of hydrogen-bond donors (Lipinski definition) is 2. The van der Waals surface area contributed by atoms with Crippen molar-refractivity contribution in [2.24, 2.45) is 5.92 Å². The highest BCUT2D eigenvalue weighted by Gasteiger charge is 2.37. The zero-order valence-electron chi connectivity index (χ0n) is 17.9. The van der Waals surface area contributed by atoms with E-state index in [2.05, 4.69) is 19.2 Å². The molecule has 0 aromatic carbocycles. The van der Waals surface area contributed by atoms with Gasteiger partial charge >= 0.3 is 0 Å². The normalized spacial score (nSPS) is 21.4. The molecule has 3 rings (SSSR count). The number of ether oxygens (including phenoxy) is 1. The van der Waals surface area contributed by atoms with E-state index < -0.39 is 0 Å². The SMILES string of the molecule is CCCCC1(CCCC)NC(=N)N(CCC2CCN(C(=O)c3ccco3)C2)CO1. The molecule has 2 fully saturated rings. The van der Waals surface area contributed by atoms with Gasteiger partial charge in [-0.2, -0.15) is 0 Å². The summed E-state index contributed by atoms with van der Waals surface area (Å²) in [4.78, 5) is 16.3. The molecule has 1 unspecified atom stereocenters. The van der Waals surface area contributed by atoms with E-state index in [4.69, 9.17) is 14.6 Å². The van der Waals surface area contributed by atoms with Crippen molar-refractivity contribution in [3.05, 3.63) is 24.2 Å². The van der Waals surface area contributed by atoms with Gasteiger partial charge in [-0.25, -0.2) is 0 Å². The van der Waals surface area contributed by atoms with E-state index in [9.17, 15) is 4.79 Å². The lowest BCUT2D eigenvalue weighted by Crippen LogP contribution is -2.62. The molecule has 1 aromatic heterocycles. The number of carbonyl (C=O) groups is 1. The summed E-state index contributed by atoms with van der Waals surface area (Å²) >= 11 is 0. The van der Waals surface area contributed by atoms with Gasteiger partial charge in [0, 0.05) is 19.6 Å². The molecule has 2 N–H and O–H groups in total. The molecule has 29 heavy (non-hydrogen) atoms. The third-order valence-electron chi connectivity index (χ3n) is 6.14. The number of nitrogens with zero attached hydrogens (tertiary/aromatic N) is 2. The Morgan fingerprint density at radius 1 is 1.31 bits per heavy atom. The highest BCUT2D eigenvalue weighted by Crippen LogP contribution is 2.28. The predicted molar refractivity (Wildman–Crippen MR) is 113 cm³/mol. The van der Waals surface area contributed by atoms with Crippen LogP contribution in [-0.2, 0) is 4.74 Å². The number of guanidine groups is 1. The first kappa shape index (κ1) is 21.7. The molecular formula is C22H36N4O3. The molecule has 2 aliphatic heterocycles. The van der Waals surface area contributed by atoms with Gasteiger partial charge in [-0.1, -0.05) is 26.7 Å². The van der Waals surface area contributed by atoms with Crippen LogP contribution in [0.2, 0.25) is 0 Å². The molecule has 1 atom stereocenters. The topological polar surface area (TPSA) is 81.8 Å². The summed E-state index contributed by atoms with van der Waals surface area (Å²) in [5, 5.41) is 11.9. The summed E-state index contributed by atoms with van der Waals surface area (Å²) in [6, 6.07) is 3.47. The second-order valence-corrected chi connectivity index (χ2v) is 8.38. The highest BCUT2D eigenvalue weighted by atomic mass is 16.5. The van der Waals surface area contributed by atoms with E-state index in [1.54, 1.807) is 12.1 Å². The van der Waals surface area contributed by atoms with E-state index >= 15 is 0 Å². The maximum absolute atomic E-state index is 12.4. The van der Waals surface area contributed by atoms with E-state index in [-0.39, 0.29) is 11.6 Å². The van der Waals surface area contributed by atoms with Gasteiger partial charge in [0.15, 0.2) is 11.7 Å². The Hall–Kier alpha value is -2.02. The van der Waals surface area contributed by atoms with Crippen molar-refractivity contribution >= 4 is 11.9 Å². The minimum atomic E-state index is -0.376. The molecule has 3 heterocycles. The van der Waals surface area contributed by atoms with Gasteiger partial charge in [-0.15, -0.1) is 0 Å². The van der Waals surface area contributed by atoms with Crippen molar-refractivity contribution in [3.63, 3.8) is 0 Å². The third kappa shape index (κ3) is 5.53. The first-order chi connectivity index (χ1) is 14.1. The number of hydrogen-bond acceptors (Lipinski definition) is 4. The molecule has 2 saturated heterocycles. The zero-order valence-corrected chi connectivity index (χ0v) is 17.9. The second kappa shape index (κ2) is 10.1. The number of nitrogens with one attached hydrogen (secondary N) is 2. The lowest BCUT2D eigenvalue weighted by Gasteiger charge is -2.44. The number of unbranched alkanes of at least 4 members (excludes halogenated alkanes) is 2. The van der Waals surface area contributed by atoms with Crippen LogP contribution in [0, 0.1) is 11.3 Å². The summed E-state index contributed by atoms with van der Waals surface area (Å²) < 4.78 is 11.5. The molecular weight excluding hydrogens is 368 g/mol. The molecule has 7 heteroatoms. The van der Waals surface area contributed by atoms with E-state index in [1.165, 1.54) is 6.26 Å². The molecule has 0 bridgehead atoms. The van der Waals surface area contributed by atoms with Crippen LogP contribution in [0.5, 0.6) is 0 Å². The van der Waals surface area contributed by atoms with Gasteiger partial charge in [0.05, 0.1) is 6.26 Å². The Bertz CT molecular complexity index is 653. The Balaban J connectivity index is 1.46. The molecule has 162 valence electrons. The Morgan fingerprint density at radius 3 is 2.69 bits per heavy atom. The fourth-order valence-electron chi connectivity index (χ4n) is 4.24. The monoisotopic (exact) mass is 404 g/mol. The summed E-state index contributed by atoms with van der Waals surface area (Å²) in [6.07, 6.45) is 9.85. The van der Waals surface area contributed by atoms with E-state index in [0.29, 0.717) is 24.4 Å². The summed E-state index contributed by atoms with van der Waals surface area (Å²) in [5.74, 6) is 1.32. The van der Waals surface area contributed by atoms with Crippen molar-refractivity contribution < 1.29 is 13.9 Å². The second-order valence-electron chi connectivity index (χ2n) is 8.38. The molecule has 7 nitrogen and oxygen atoms in total. The maximum Gasteiger partial charge on any atom is 0.289 e. The van der Waals surface area contributed by atoms with Crippen LogP contribution < -0.4 is 5.32 Å². The number of rotatable bonds is 10. The lowest BCUT2D eigenvalue weighted by atomic mass is 9.98. The molecule has 1 amide bonds. The average Bonchev–Trinajstić information content (AvgIpc) is 3.42. The van der Waals surface area contributed by atoms with Crippen LogP contribution in [0.25, 0.3) is 0 Å². The van der Waals surface area contributed by atoms with Gasteiger partial charge in [0.2, 0.25) is 0 Å². The van der Waals surface area contributed by atoms with E-state index in [1.807, 2.05) is 9.80 Å². The molecule has 2 aliphatic rings. The summed E-state index contributed by atoms with van der Waals surface area (Å²) in [6.45, 7) is 7.16. The summed E-state index contributed by atoms with van der Waals surface area (Å²) in [7, 11) is 0. The van der Waals surface area contributed by atoms with Crippen LogP contribution in [-0.4, -0.2) is 53.8 Å². The van der Waals surface area contributed by atoms with Gasteiger partial charge in [0.1, 0.15) is 12.5 Å². The van der Waals surface area contributed by atoms with Gasteiger partial charge in [-0.05, 0) is 56.6 Å². The number of carbonyl (C=O) groups excluding carboxylic acids is 1. The van der Waals surface area contributed by atoms with Crippen molar-refractivity contribution in [2.75, 3.05) is 26.4 Å². The third-order valence-corrected chi connectivity index (χ3v) is 6.14. The zero-order chi connectivity index (χ0) is 20.7. The standard InChI is InChI=1S/C22H36N4O3/c1-3-5-11-22(12-6-4-2)24-21(23)26(17-29-22)14-10-18-9-13-25(16-18)20(27)19-8-7-15-28-19/h7-8,15,18H,3-6,9-14,16-17H2,1-2H3,(H2,23,24). The quantitative estimate of drug-likeness (QED) is 0.615. The van der Waals surface area contributed by atoms with Crippen LogP contribution in [0.1, 0.15) is 75.8 Å². The van der Waals surface area contributed by atoms with Gasteiger partial charge < -0.3 is 24.3 Å². The Labute approximate surface area is 174 Å². The van der Waals surface area contributed by atoms with Crippen molar-refractivity contribution in [2.45, 2.75) is 70.9 Å². The largest absolute Gasteiger partial charge is 0.459 e. The first-order valence-electron chi connectivity index (χ1n) is 11.2. The molecule has 0 saturated carbocycles. The number of furan rings is 1. The maximum atomic E-state index is 12.4. The van der Waals surface area contributed by atoms with Crippen molar-refractivity contribution in [1.82, 2.24) is 15.1 Å². The van der Waals surface area contributed by atoms with Crippen LogP contribution >= 0.6 is 0 Å². The fraction of sp³-hybridized carbons (Fsp3) is 0.727. The first-order valence-corrected chi connectivity index (χ1v) is 11.2. The van der Waals surface area contributed by atoms with E-state index in [0.717, 1.165) is 71.0 Å². The van der Waals surface area contributed by atoms with Crippen LogP contribution in [0.4, 0.5) is 0 Å². The molecule has 0 aliphatic carbocycles. The van der Waals surface area contributed by atoms with Gasteiger partial charge in [0.25, 0.3) is 5.91 Å². The van der Waals surface area contributed by atoms with Crippen LogP contribution in [0.3, 0.4) is 0 Å². The van der Waals surface area contributed by atoms with Crippen LogP contribution in [0.15, 0.2) is 22.8 Å². The Morgan fingerprint density at radius 2 is 2.07 bits per heavy atom. The van der Waals surface area contributed by atoms with Gasteiger partial charge in [-0.3, -0.25) is 10.2 Å². The minimum Gasteiger partial charge on any atom is -0.459 e. The molecule has 0 spiro atoms. The fourth-order valence-corrected chi connectivity index (χ4v) is 4.24. The summed E-state index contributed by atoms with van der Waals surface area (Å²) in [5.41, 5.74) is -0.376. The van der Waals surface area contributed by atoms with Crippen molar-refractivity contribution in [1.29, 1.82) is 5.41 Å². The minimum absolute atomic E-state index is 0.0233. The Kier molecular flexibility index (Phi) is 7.58. The smallest absolute Gasteiger partial charge is 0.289 e.